The van der Waals surface area contributed by atoms with E-state index in [4.69, 9.17) is 21.7 Å². The highest BCUT2D eigenvalue weighted by atomic mass is 32.2. The second-order valence-corrected chi connectivity index (χ2v) is 8.98. The highest BCUT2D eigenvalue weighted by Gasteiger charge is 2.32. The highest BCUT2D eigenvalue weighted by molar-refractivity contribution is 8.26. The predicted molar refractivity (Wildman–Crippen MR) is 134 cm³/mol. The average molecular weight is 462 g/mol. The third-order valence-electron chi connectivity index (χ3n) is 4.86. The maximum Gasteiger partial charge on any atom is 0.266 e. The summed E-state index contributed by atoms with van der Waals surface area (Å²) in [6.45, 7) is 3.31. The third kappa shape index (κ3) is 5.58. The fourth-order valence-electron chi connectivity index (χ4n) is 3.28. The zero-order chi connectivity index (χ0) is 22.3. The lowest BCUT2D eigenvalue weighted by molar-refractivity contribution is -0.122. The molecular weight excluding hydrogens is 438 g/mol. The summed E-state index contributed by atoms with van der Waals surface area (Å²) in [5.41, 5.74) is 2.98. The summed E-state index contributed by atoms with van der Waals surface area (Å²) in [7, 11) is 0. The number of para-hydroxylation sites is 1. The molecule has 3 aromatic carbocycles. The Balaban J connectivity index is 1.45. The standard InChI is InChI=1S/C26H23NO3S2/c1-19-12-13-23(30-15-14-29-22-10-6-3-7-11-22)21(16-19)17-24-25(28)27(26(31)32-24)18-20-8-4-2-5-9-20/h2-13,16-17H,14-15,18H2,1H3/b24-17-. The number of carbonyl (C=O) groups excluding carboxylic acids is 1. The van der Waals surface area contributed by atoms with Gasteiger partial charge in [-0.25, -0.2) is 0 Å². The molecule has 1 amide bonds. The topological polar surface area (TPSA) is 38.8 Å². The van der Waals surface area contributed by atoms with E-state index >= 15 is 0 Å². The third-order valence-corrected chi connectivity index (χ3v) is 6.24. The van der Waals surface area contributed by atoms with Gasteiger partial charge in [-0.05, 0) is 42.8 Å². The monoisotopic (exact) mass is 461 g/mol. The van der Waals surface area contributed by atoms with Crippen molar-refractivity contribution in [1.82, 2.24) is 4.90 Å². The molecule has 4 nitrogen and oxygen atoms in total. The maximum absolute atomic E-state index is 13.0. The van der Waals surface area contributed by atoms with Gasteiger partial charge in [-0.2, -0.15) is 0 Å². The molecule has 4 rings (SSSR count). The maximum atomic E-state index is 13.0. The highest BCUT2D eigenvalue weighted by Crippen LogP contribution is 2.35. The van der Waals surface area contributed by atoms with Crippen LogP contribution < -0.4 is 9.47 Å². The Morgan fingerprint density at radius 1 is 0.938 bits per heavy atom. The Morgan fingerprint density at radius 2 is 1.62 bits per heavy atom. The molecule has 1 fully saturated rings. The van der Waals surface area contributed by atoms with Gasteiger partial charge >= 0.3 is 0 Å². The quantitative estimate of drug-likeness (QED) is 0.239. The van der Waals surface area contributed by atoms with Gasteiger partial charge in [0.05, 0.1) is 11.4 Å². The summed E-state index contributed by atoms with van der Waals surface area (Å²) in [5, 5.41) is 0. The van der Waals surface area contributed by atoms with Crippen LogP contribution in [0.25, 0.3) is 6.08 Å². The molecule has 0 unspecified atom stereocenters. The predicted octanol–water partition coefficient (Wildman–Crippen LogP) is 5.85. The van der Waals surface area contributed by atoms with Crippen molar-refractivity contribution >= 4 is 40.3 Å². The summed E-state index contributed by atoms with van der Waals surface area (Å²) in [6.07, 6.45) is 1.87. The number of aryl methyl sites for hydroxylation is 1. The van der Waals surface area contributed by atoms with E-state index in [1.165, 1.54) is 11.8 Å². The molecule has 0 radical (unpaired) electrons. The smallest absolute Gasteiger partial charge is 0.266 e. The van der Waals surface area contributed by atoms with Gasteiger partial charge in [0.15, 0.2) is 0 Å². The lowest BCUT2D eigenvalue weighted by atomic mass is 10.1. The average Bonchev–Trinajstić information content (AvgIpc) is 3.06. The van der Waals surface area contributed by atoms with E-state index in [2.05, 4.69) is 0 Å². The molecule has 0 spiro atoms. The minimum Gasteiger partial charge on any atom is -0.490 e. The zero-order valence-electron chi connectivity index (χ0n) is 17.7. The van der Waals surface area contributed by atoms with Crippen LogP contribution in [0.3, 0.4) is 0 Å². The lowest BCUT2D eigenvalue weighted by Gasteiger charge is -2.14. The van der Waals surface area contributed by atoms with Crippen molar-refractivity contribution in [1.29, 1.82) is 0 Å². The number of hydrogen-bond acceptors (Lipinski definition) is 5. The number of nitrogens with zero attached hydrogens (tertiary/aromatic N) is 1. The van der Waals surface area contributed by atoms with Crippen LogP contribution in [0.2, 0.25) is 0 Å². The molecule has 0 saturated carbocycles. The van der Waals surface area contributed by atoms with Gasteiger partial charge in [-0.15, -0.1) is 0 Å². The second kappa shape index (κ2) is 10.5. The number of thiocarbonyl (C=S) groups is 1. The van der Waals surface area contributed by atoms with E-state index in [0.717, 1.165) is 22.4 Å². The Bertz CT molecular complexity index is 1130. The number of carbonyl (C=O) groups is 1. The molecule has 32 heavy (non-hydrogen) atoms. The first-order valence-electron chi connectivity index (χ1n) is 10.3. The molecule has 0 atom stereocenters. The van der Waals surface area contributed by atoms with Crippen molar-refractivity contribution in [3.05, 3.63) is 100 Å². The van der Waals surface area contributed by atoms with Crippen molar-refractivity contribution in [3.8, 4) is 11.5 Å². The van der Waals surface area contributed by atoms with Crippen molar-refractivity contribution in [2.24, 2.45) is 0 Å². The van der Waals surface area contributed by atoms with Gasteiger partial charge in [0, 0.05) is 5.56 Å². The van der Waals surface area contributed by atoms with E-state index < -0.39 is 0 Å². The molecule has 3 aromatic rings. The molecular formula is C26H23NO3S2. The zero-order valence-corrected chi connectivity index (χ0v) is 19.3. The normalized spacial score (nSPS) is 14.8. The van der Waals surface area contributed by atoms with Crippen molar-refractivity contribution in [3.63, 3.8) is 0 Å². The summed E-state index contributed by atoms with van der Waals surface area (Å²) < 4.78 is 12.2. The van der Waals surface area contributed by atoms with Gasteiger partial charge in [0.1, 0.15) is 29.0 Å². The van der Waals surface area contributed by atoms with Crippen LogP contribution in [0.15, 0.2) is 83.8 Å². The Hall–Kier alpha value is -3.09. The molecule has 0 N–H and O–H groups in total. The van der Waals surface area contributed by atoms with Crippen molar-refractivity contribution < 1.29 is 14.3 Å². The summed E-state index contributed by atoms with van der Waals surface area (Å²) in [4.78, 5) is 15.3. The summed E-state index contributed by atoms with van der Waals surface area (Å²) >= 11 is 6.80. The first kappa shape index (κ1) is 22.1. The Labute approximate surface area is 197 Å². The Morgan fingerprint density at radius 3 is 2.38 bits per heavy atom. The fourth-order valence-corrected chi connectivity index (χ4v) is 4.53. The van der Waals surface area contributed by atoms with E-state index in [1.54, 1.807) is 4.90 Å². The largest absolute Gasteiger partial charge is 0.490 e. The Kier molecular flexibility index (Phi) is 7.24. The molecule has 1 aliphatic heterocycles. The number of rotatable bonds is 8. The SMILES string of the molecule is Cc1ccc(OCCOc2ccccc2)c(/C=C2\SC(=S)N(Cc3ccccc3)C2=O)c1. The number of hydrogen-bond donors (Lipinski definition) is 0. The van der Waals surface area contributed by atoms with Crippen molar-refractivity contribution in [2.45, 2.75) is 13.5 Å². The molecule has 0 aromatic heterocycles. The first-order valence-corrected chi connectivity index (χ1v) is 11.5. The summed E-state index contributed by atoms with van der Waals surface area (Å²) in [6, 6.07) is 25.4. The summed E-state index contributed by atoms with van der Waals surface area (Å²) in [5.74, 6) is 1.44. The van der Waals surface area contributed by atoms with Gasteiger partial charge in [0.2, 0.25) is 0 Å². The second-order valence-electron chi connectivity index (χ2n) is 7.30. The van der Waals surface area contributed by atoms with Crippen LogP contribution >= 0.6 is 24.0 Å². The number of amides is 1. The van der Waals surface area contributed by atoms with Crippen molar-refractivity contribution in [2.75, 3.05) is 13.2 Å². The number of benzene rings is 3. The molecule has 1 aliphatic rings. The van der Waals surface area contributed by atoms with Crippen LogP contribution in [0.5, 0.6) is 11.5 Å². The van der Waals surface area contributed by atoms with Gasteiger partial charge < -0.3 is 9.47 Å². The van der Waals surface area contributed by atoms with Crippen LogP contribution in [0, 0.1) is 6.92 Å². The molecule has 0 bridgehead atoms. The lowest BCUT2D eigenvalue weighted by Crippen LogP contribution is -2.27. The van der Waals surface area contributed by atoms with Gasteiger partial charge in [-0.3, -0.25) is 9.69 Å². The van der Waals surface area contributed by atoms with E-state index in [1.807, 2.05) is 91.9 Å². The molecule has 1 saturated heterocycles. The fraction of sp³-hybridized carbons (Fsp3) is 0.154. The van der Waals surface area contributed by atoms with Gasteiger partial charge in [-0.1, -0.05) is 84.1 Å². The molecule has 1 heterocycles. The molecule has 0 aliphatic carbocycles. The first-order chi connectivity index (χ1) is 15.6. The number of ether oxygens (including phenoxy) is 2. The van der Waals surface area contributed by atoms with Crippen LogP contribution in [-0.4, -0.2) is 28.3 Å². The van der Waals surface area contributed by atoms with Crippen LogP contribution in [-0.2, 0) is 11.3 Å². The number of thioether (sulfide) groups is 1. The molecule has 6 heteroatoms. The van der Waals surface area contributed by atoms with E-state index in [9.17, 15) is 4.79 Å². The minimum absolute atomic E-state index is 0.0799. The minimum atomic E-state index is -0.0799. The van der Waals surface area contributed by atoms with E-state index in [0.29, 0.717) is 34.7 Å². The molecule has 162 valence electrons. The van der Waals surface area contributed by atoms with Crippen LogP contribution in [0.1, 0.15) is 16.7 Å². The van der Waals surface area contributed by atoms with Gasteiger partial charge in [0.25, 0.3) is 5.91 Å². The van der Waals surface area contributed by atoms with E-state index in [-0.39, 0.29) is 5.91 Å². The van der Waals surface area contributed by atoms with Crippen LogP contribution in [0.4, 0.5) is 0 Å².